The number of carbonyl (C=O) groups is 1. The Bertz CT molecular complexity index is 970. The highest BCUT2D eigenvalue weighted by atomic mass is 31.2. The zero-order valence-corrected chi connectivity index (χ0v) is 37.0. The highest BCUT2D eigenvalue weighted by Gasteiger charge is 2.26. The molecule has 0 aromatic carbocycles. The normalized spacial score (nSPS) is 14.3. The summed E-state index contributed by atoms with van der Waals surface area (Å²) < 4.78 is 33.4. The number of phosphoric ester groups is 1. The lowest BCUT2D eigenvalue weighted by Gasteiger charge is -2.20. The number of hydrogen-bond acceptors (Lipinski definition) is 8. The summed E-state index contributed by atoms with van der Waals surface area (Å²) in [6, 6.07) is 0. The first-order valence-electron chi connectivity index (χ1n) is 23.0. The maximum Gasteiger partial charge on any atom is 0.472 e. The Morgan fingerprint density at radius 3 is 1.48 bits per heavy atom. The largest absolute Gasteiger partial charge is 0.472 e. The van der Waals surface area contributed by atoms with Gasteiger partial charge in [0.25, 0.3) is 0 Å². The van der Waals surface area contributed by atoms with Crippen LogP contribution in [0.2, 0.25) is 0 Å². The molecule has 0 heterocycles. The van der Waals surface area contributed by atoms with Gasteiger partial charge < -0.3 is 24.6 Å². The maximum atomic E-state index is 12.6. The summed E-state index contributed by atoms with van der Waals surface area (Å²) in [5.41, 5.74) is 0. The second-order valence-electron chi connectivity index (χ2n) is 15.4. The monoisotopic (exact) mass is 815 g/mol. The standard InChI is InChI=1S/C46H87O9P/c1-3-5-7-9-11-13-15-17-19-20-21-22-23-25-27-29-31-33-35-37-39-52-42-45(43-54-56(50,51)53-41-44(48)40-47)55-46(49)38-36-34-32-30-28-26-24-18-16-14-12-10-8-6-4-2/h11,13,17,19,21-22,44-45,47-48H,3-10,12,14-16,18,20,23-43H2,1-2H3,(H,50,51)/b13-11-,19-17-,22-21-. The number of aliphatic hydroxyl groups excluding tert-OH is 2. The van der Waals surface area contributed by atoms with Crippen molar-refractivity contribution in [1.29, 1.82) is 0 Å². The zero-order chi connectivity index (χ0) is 41.1. The first kappa shape index (κ1) is 54.7. The molecule has 0 aromatic rings. The van der Waals surface area contributed by atoms with Crippen LogP contribution in [0.4, 0.5) is 0 Å². The first-order valence-corrected chi connectivity index (χ1v) is 24.5. The van der Waals surface area contributed by atoms with Crippen LogP contribution in [-0.2, 0) is 27.9 Å². The number of ether oxygens (including phenoxy) is 2. The molecule has 0 rings (SSSR count). The van der Waals surface area contributed by atoms with Crippen LogP contribution in [0.3, 0.4) is 0 Å². The number of esters is 1. The van der Waals surface area contributed by atoms with Crippen LogP contribution >= 0.6 is 7.82 Å². The Labute approximate surface area is 344 Å². The summed E-state index contributed by atoms with van der Waals surface area (Å²) in [6.45, 7) is 3.49. The van der Waals surface area contributed by atoms with Crippen LogP contribution < -0.4 is 0 Å². The van der Waals surface area contributed by atoms with Crippen LogP contribution in [0, 0.1) is 0 Å². The van der Waals surface area contributed by atoms with Crippen LogP contribution in [0.5, 0.6) is 0 Å². The average molecular weight is 815 g/mol. The van der Waals surface area contributed by atoms with E-state index in [0.717, 1.165) is 57.8 Å². The van der Waals surface area contributed by atoms with Gasteiger partial charge in [-0.3, -0.25) is 13.8 Å². The molecule has 0 aliphatic rings. The molecule has 56 heavy (non-hydrogen) atoms. The van der Waals surface area contributed by atoms with Crippen molar-refractivity contribution in [3.63, 3.8) is 0 Å². The summed E-state index contributed by atoms with van der Waals surface area (Å²) in [4.78, 5) is 22.6. The van der Waals surface area contributed by atoms with Gasteiger partial charge in [-0.15, -0.1) is 0 Å². The highest BCUT2D eigenvalue weighted by molar-refractivity contribution is 7.47. The molecule has 0 aliphatic heterocycles. The van der Waals surface area contributed by atoms with Gasteiger partial charge in [0, 0.05) is 13.0 Å². The van der Waals surface area contributed by atoms with E-state index in [0.29, 0.717) is 6.61 Å². The molecule has 0 fully saturated rings. The summed E-state index contributed by atoms with van der Waals surface area (Å²) >= 11 is 0. The lowest BCUT2D eigenvalue weighted by Crippen LogP contribution is -2.29. The van der Waals surface area contributed by atoms with Gasteiger partial charge in [0.15, 0.2) is 0 Å². The Balaban J connectivity index is 4.14. The van der Waals surface area contributed by atoms with Crippen LogP contribution in [0.1, 0.15) is 206 Å². The molecular formula is C46H87O9P. The summed E-state index contributed by atoms with van der Waals surface area (Å²) in [5.74, 6) is -0.384. The van der Waals surface area contributed by atoms with E-state index >= 15 is 0 Å². The number of aliphatic hydroxyl groups is 2. The molecule has 0 aliphatic carbocycles. The van der Waals surface area contributed by atoms with Gasteiger partial charge in [-0.25, -0.2) is 4.57 Å². The molecule has 0 radical (unpaired) electrons. The average Bonchev–Trinajstić information content (AvgIpc) is 3.19. The van der Waals surface area contributed by atoms with Crippen molar-refractivity contribution in [2.24, 2.45) is 0 Å². The third kappa shape index (κ3) is 42.3. The topological polar surface area (TPSA) is 132 Å². The minimum absolute atomic E-state index is 0.0450. The fraction of sp³-hybridized carbons (Fsp3) is 0.848. The van der Waals surface area contributed by atoms with Gasteiger partial charge in [0.2, 0.25) is 0 Å². The molecule has 9 nitrogen and oxygen atoms in total. The van der Waals surface area contributed by atoms with Crippen LogP contribution in [0.15, 0.2) is 36.5 Å². The van der Waals surface area contributed by atoms with Crippen molar-refractivity contribution in [3.05, 3.63) is 36.5 Å². The highest BCUT2D eigenvalue weighted by Crippen LogP contribution is 2.43. The Kier molecular flexibility index (Phi) is 42.2. The van der Waals surface area contributed by atoms with E-state index in [1.165, 1.54) is 128 Å². The Morgan fingerprint density at radius 1 is 0.554 bits per heavy atom. The van der Waals surface area contributed by atoms with Gasteiger partial charge in [0.05, 0.1) is 26.4 Å². The molecule has 0 saturated carbocycles. The van der Waals surface area contributed by atoms with Crippen molar-refractivity contribution in [1.82, 2.24) is 0 Å². The molecule has 0 spiro atoms. The third-order valence-corrected chi connectivity index (χ3v) is 10.8. The van der Waals surface area contributed by atoms with Crippen molar-refractivity contribution in [2.45, 2.75) is 219 Å². The van der Waals surface area contributed by atoms with Crippen molar-refractivity contribution >= 4 is 13.8 Å². The molecule has 0 bridgehead atoms. The predicted molar refractivity (Wildman–Crippen MR) is 233 cm³/mol. The number of hydrogen-bond donors (Lipinski definition) is 3. The van der Waals surface area contributed by atoms with E-state index in [2.05, 4.69) is 50.3 Å². The molecule has 0 amide bonds. The van der Waals surface area contributed by atoms with E-state index < -0.39 is 33.2 Å². The summed E-state index contributed by atoms with van der Waals surface area (Å²) in [5, 5.41) is 18.4. The van der Waals surface area contributed by atoms with E-state index in [1.54, 1.807) is 0 Å². The lowest BCUT2D eigenvalue weighted by atomic mass is 10.0. The third-order valence-electron chi connectivity index (χ3n) is 9.83. The molecule has 3 N–H and O–H groups in total. The van der Waals surface area contributed by atoms with E-state index in [9.17, 15) is 19.4 Å². The maximum absolute atomic E-state index is 12.6. The summed E-state index contributed by atoms with van der Waals surface area (Å²) in [6.07, 6.45) is 46.7. The fourth-order valence-corrected chi connectivity index (χ4v) is 7.09. The van der Waals surface area contributed by atoms with Crippen molar-refractivity contribution < 1.29 is 43.0 Å². The molecule has 0 aromatic heterocycles. The molecule has 3 unspecified atom stereocenters. The SMILES string of the molecule is CCCCC/C=C\C/C=C\C/C=C\CCCCCCCCCOCC(COP(=O)(O)OCC(O)CO)OC(=O)CCCCCCCCCCCCCCCCC. The van der Waals surface area contributed by atoms with Crippen molar-refractivity contribution in [2.75, 3.05) is 33.0 Å². The molecule has 0 saturated heterocycles. The molecule has 330 valence electrons. The summed E-state index contributed by atoms with van der Waals surface area (Å²) in [7, 11) is -4.52. The van der Waals surface area contributed by atoms with Crippen LogP contribution in [0.25, 0.3) is 0 Å². The van der Waals surface area contributed by atoms with Gasteiger partial charge >= 0.3 is 13.8 Å². The van der Waals surface area contributed by atoms with Gasteiger partial charge in [0.1, 0.15) is 12.2 Å². The molecular weight excluding hydrogens is 727 g/mol. The fourth-order valence-electron chi connectivity index (χ4n) is 6.30. The predicted octanol–water partition coefficient (Wildman–Crippen LogP) is 12.8. The zero-order valence-electron chi connectivity index (χ0n) is 36.1. The minimum Gasteiger partial charge on any atom is -0.457 e. The van der Waals surface area contributed by atoms with E-state index in [1.807, 2.05) is 0 Å². The Hall–Kier alpha value is -1.32. The number of carbonyl (C=O) groups excluding carboxylic acids is 1. The Morgan fingerprint density at radius 2 is 0.964 bits per heavy atom. The number of unbranched alkanes of at least 4 members (excludes halogenated alkanes) is 24. The van der Waals surface area contributed by atoms with Gasteiger partial charge in [-0.1, -0.05) is 185 Å². The van der Waals surface area contributed by atoms with Crippen molar-refractivity contribution in [3.8, 4) is 0 Å². The lowest BCUT2D eigenvalue weighted by molar-refractivity contribution is -0.154. The quantitative estimate of drug-likeness (QED) is 0.0238. The van der Waals surface area contributed by atoms with E-state index in [-0.39, 0.29) is 25.6 Å². The number of rotatable bonds is 44. The molecule has 10 heteroatoms. The molecule has 3 atom stereocenters. The number of phosphoric acid groups is 1. The first-order chi connectivity index (χ1) is 27.3. The smallest absolute Gasteiger partial charge is 0.457 e. The second kappa shape index (κ2) is 43.3. The second-order valence-corrected chi connectivity index (χ2v) is 16.9. The minimum atomic E-state index is -4.52. The van der Waals surface area contributed by atoms with Gasteiger partial charge in [-0.05, 0) is 51.4 Å². The van der Waals surface area contributed by atoms with Gasteiger partial charge in [-0.2, -0.15) is 0 Å². The van der Waals surface area contributed by atoms with Crippen LogP contribution in [-0.4, -0.2) is 66.3 Å². The van der Waals surface area contributed by atoms with E-state index in [4.69, 9.17) is 23.6 Å². The number of allylic oxidation sites excluding steroid dienone is 6.